The highest BCUT2D eigenvalue weighted by Gasteiger charge is 2.27. The average molecular weight is 360 g/mol. The van der Waals surface area contributed by atoms with Crippen LogP contribution in [0.2, 0.25) is 5.15 Å². The van der Waals surface area contributed by atoms with E-state index >= 15 is 0 Å². The lowest BCUT2D eigenvalue weighted by molar-refractivity contribution is 0.0191. The van der Waals surface area contributed by atoms with Gasteiger partial charge in [-0.25, -0.2) is 14.8 Å². The highest BCUT2D eigenvalue weighted by Crippen LogP contribution is 2.22. The SMILES string of the molecule is CC(C)(C)OC(=O)N1CCC(C[S@@](=O)c2cc(Cl)ncn2)CC1. The molecular weight excluding hydrogens is 338 g/mol. The molecule has 1 saturated heterocycles. The van der Waals surface area contributed by atoms with Gasteiger partial charge in [-0.05, 0) is 39.5 Å². The molecule has 8 heteroatoms. The van der Waals surface area contributed by atoms with Crippen LogP contribution in [-0.2, 0) is 15.5 Å². The Morgan fingerprint density at radius 2 is 2.04 bits per heavy atom. The molecule has 6 nitrogen and oxygen atoms in total. The normalized spacial score (nSPS) is 17.8. The number of carbonyl (C=O) groups excluding carboxylic acids is 1. The number of carbonyl (C=O) groups is 1. The molecule has 0 saturated carbocycles. The second-order valence-corrected chi connectivity index (χ2v) is 8.43. The number of amides is 1. The number of rotatable bonds is 3. The lowest BCUT2D eigenvalue weighted by Crippen LogP contribution is -2.42. The van der Waals surface area contributed by atoms with Gasteiger partial charge < -0.3 is 9.64 Å². The van der Waals surface area contributed by atoms with Gasteiger partial charge in [-0.1, -0.05) is 11.6 Å². The largest absolute Gasteiger partial charge is 0.444 e. The van der Waals surface area contributed by atoms with E-state index in [1.807, 2.05) is 20.8 Å². The van der Waals surface area contributed by atoms with Gasteiger partial charge in [-0.3, -0.25) is 4.21 Å². The number of ether oxygens (including phenoxy) is 1. The highest BCUT2D eigenvalue weighted by atomic mass is 35.5. The van der Waals surface area contributed by atoms with E-state index in [1.165, 1.54) is 12.4 Å². The monoisotopic (exact) mass is 359 g/mol. The van der Waals surface area contributed by atoms with Crippen LogP contribution < -0.4 is 0 Å². The van der Waals surface area contributed by atoms with Gasteiger partial charge in [0.15, 0.2) is 0 Å². The minimum Gasteiger partial charge on any atom is -0.444 e. The van der Waals surface area contributed by atoms with E-state index < -0.39 is 16.4 Å². The second-order valence-electron chi connectivity index (χ2n) is 6.60. The van der Waals surface area contributed by atoms with Gasteiger partial charge in [0.2, 0.25) is 0 Å². The zero-order valence-corrected chi connectivity index (χ0v) is 15.2. The molecule has 1 aromatic heterocycles. The van der Waals surface area contributed by atoms with Crippen LogP contribution in [0.25, 0.3) is 0 Å². The molecule has 1 aromatic rings. The minimum atomic E-state index is -1.20. The van der Waals surface area contributed by atoms with Crippen molar-refractivity contribution in [3.8, 4) is 0 Å². The van der Waals surface area contributed by atoms with Crippen molar-refractivity contribution in [3.63, 3.8) is 0 Å². The van der Waals surface area contributed by atoms with Gasteiger partial charge in [-0.2, -0.15) is 0 Å². The Morgan fingerprint density at radius 1 is 1.39 bits per heavy atom. The van der Waals surface area contributed by atoms with Crippen molar-refractivity contribution in [2.24, 2.45) is 5.92 Å². The maximum atomic E-state index is 12.3. The Bertz CT molecular complexity index is 584. The molecule has 2 rings (SSSR count). The maximum absolute atomic E-state index is 12.3. The molecule has 0 unspecified atom stereocenters. The van der Waals surface area contributed by atoms with Crippen LogP contribution in [-0.4, -0.2) is 49.6 Å². The zero-order valence-electron chi connectivity index (χ0n) is 13.6. The van der Waals surface area contributed by atoms with E-state index in [9.17, 15) is 9.00 Å². The molecule has 0 aliphatic carbocycles. The predicted octanol–water partition coefficient (Wildman–Crippen LogP) is 2.88. The number of nitrogens with zero attached hydrogens (tertiary/aromatic N) is 3. The van der Waals surface area contributed by atoms with Crippen molar-refractivity contribution >= 4 is 28.5 Å². The predicted molar refractivity (Wildman–Crippen MR) is 88.8 cm³/mol. The van der Waals surface area contributed by atoms with Gasteiger partial charge in [0, 0.05) is 24.9 Å². The molecule has 1 aliphatic heterocycles. The van der Waals surface area contributed by atoms with Gasteiger partial charge in [-0.15, -0.1) is 0 Å². The van der Waals surface area contributed by atoms with Crippen LogP contribution >= 0.6 is 11.6 Å². The summed E-state index contributed by atoms with van der Waals surface area (Å²) in [5.74, 6) is 0.818. The fourth-order valence-corrected chi connectivity index (χ4v) is 3.90. The standard InChI is InChI=1S/C15H22ClN3O3S/c1-15(2,3)22-14(20)19-6-4-11(5-7-19)9-23(21)13-8-12(16)17-10-18-13/h8,10-11H,4-7,9H2,1-3H3/t23-/m1/s1. The van der Waals surface area contributed by atoms with Crippen molar-refractivity contribution in [2.75, 3.05) is 18.8 Å². The Morgan fingerprint density at radius 3 is 2.61 bits per heavy atom. The van der Waals surface area contributed by atoms with E-state index in [2.05, 4.69) is 9.97 Å². The van der Waals surface area contributed by atoms with Crippen LogP contribution in [0, 0.1) is 5.92 Å². The summed E-state index contributed by atoms with van der Waals surface area (Å²) in [5, 5.41) is 0.752. The number of hydrogen-bond acceptors (Lipinski definition) is 5. The Hall–Kier alpha value is -1.21. The summed E-state index contributed by atoms with van der Waals surface area (Å²) in [7, 11) is -1.20. The van der Waals surface area contributed by atoms with Crippen LogP contribution in [0.5, 0.6) is 0 Å². The molecule has 2 heterocycles. The van der Waals surface area contributed by atoms with Crippen molar-refractivity contribution in [3.05, 3.63) is 17.5 Å². The van der Waals surface area contributed by atoms with E-state index in [1.54, 1.807) is 4.90 Å². The van der Waals surface area contributed by atoms with Crippen molar-refractivity contribution in [1.82, 2.24) is 14.9 Å². The minimum absolute atomic E-state index is 0.278. The summed E-state index contributed by atoms with van der Waals surface area (Å²) >= 11 is 5.79. The summed E-state index contributed by atoms with van der Waals surface area (Å²) in [4.78, 5) is 21.5. The zero-order chi connectivity index (χ0) is 17.0. The highest BCUT2D eigenvalue weighted by molar-refractivity contribution is 7.84. The van der Waals surface area contributed by atoms with E-state index in [0.29, 0.717) is 34.9 Å². The molecule has 23 heavy (non-hydrogen) atoms. The first kappa shape index (κ1) is 18.1. The smallest absolute Gasteiger partial charge is 0.410 e. The van der Waals surface area contributed by atoms with Crippen LogP contribution in [0.1, 0.15) is 33.6 Å². The maximum Gasteiger partial charge on any atom is 0.410 e. The fourth-order valence-electron chi connectivity index (χ4n) is 2.35. The number of likely N-dealkylation sites (tertiary alicyclic amines) is 1. The summed E-state index contributed by atoms with van der Waals surface area (Å²) in [6, 6.07) is 1.54. The molecule has 0 spiro atoms. The fraction of sp³-hybridized carbons (Fsp3) is 0.667. The van der Waals surface area contributed by atoms with E-state index in [0.717, 1.165) is 12.8 Å². The Kier molecular flexibility index (Phi) is 5.97. The quantitative estimate of drug-likeness (QED) is 0.776. The molecule has 128 valence electrons. The third-order valence-corrected chi connectivity index (χ3v) is 5.17. The third-order valence-electron chi connectivity index (χ3n) is 3.50. The van der Waals surface area contributed by atoms with E-state index in [4.69, 9.17) is 16.3 Å². The molecule has 1 amide bonds. The molecule has 1 atom stereocenters. The molecule has 1 fully saturated rings. The van der Waals surface area contributed by atoms with Gasteiger partial charge in [0.1, 0.15) is 22.1 Å². The third kappa shape index (κ3) is 5.73. The first-order valence-corrected chi connectivity index (χ1v) is 9.28. The lowest BCUT2D eigenvalue weighted by atomic mass is 9.99. The van der Waals surface area contributed by atoms with Gasteiger partial charge in [0.25, 0.3) is 0 Å². The van der Waals surface area contributed by atoms with Crippen molar-refractivity contribution in [1.29, 1.82) is 0 Å². The summed E-state index contributed by atoms with van der Waals surface area (Å²) < 4.78 is 17.7. The average Bonchev–Trinajstić information content (AvgIpc) is 2.46. The molecular formula is C15H22ClN3O3S. The summed E-state index contributed by atoms with van der Waals surface area (Å²) in [6.07, 6.45) is 2.66. The lowest BCUT2D eigenvalue weighted by Gasteiger charge is -2.33. The molecule has 0 bridgehead atoms. The molecule has 0 aromatic carbocycles. The summed E-state index contributed by atoms with van der Waals surface area (Å²) in [5.41, 5.74) is -0.484. The number of hydrogen-bond donors (Lipinski definition) is 0. The van der Waals surface area contributed by atoms with Crippen LogP contribution in [0.15, 0.2) is 17.4 Å². The molecule has 1 aliphatic rings. The van der Waals surface area contributed by atoms with E-state index in [-0.39, 0.29) is 6.09 Å². The topological polar surface area (TPSA) is 72.4 Å². The first-order valence-electron chi connectivity index (χ1n) is 7.58. The first-order chi connectivity index (χ1) is 10.7. The second kappa shape index (κ2) is 7.57. The van der Waals surface area contributed by atoms with Gasteiger partial charge >= 0.3 is 6.09 Å². The van der Waals surface area contributed by atoms with Crippen LogP contribution in [0.4, 0.5) is 4.79 Å². The Balaban J connectivity index is 1.83. The van der Waals surface area contributed by atoms with Gasteiger partial charge in [0.05, 0.1) is 10.8 Å². The molecule has 0 radical (unpaired) electrons. The summed E-state index contributed by atoms with van der Waals surface area (Å²) in [6.45, 7) is 6.82. The number of halogens is 1. The molecule has 0 N–H and O–H groups in total. The van der Waals surface area contributed by atoms with Crippen LogP contribution in [0.3, 0.4) is 0 Å². The number of piperidine rings is 1. The van der Waals surface area contributed by atoms with Crippen molar-refractivity contribution in [2.45, 2.75) is 44.2 Å². The number of aromatic nitrogens is 2. The Labute approximate surface area is 144 Å². The van der Waals surface area contributed by atoms with Crippen molar-refractivity contribution < 1.29 is 13.7 Å².